The first-order chi connectivity index (χ1) is 13.6. The van der Waals surface area contributed by atoms with Gasteiger partial charge in [-0.3, -0.25) is 9.59 Å². The molecule has 1 spiro atoms. The molecule has 4 heterocycles. The van der Waals surface area contributed by atoms with Gasteiger partial charge in [-0.1, -0.05) is 37.8 Å². The van der Waals surface area contributed by atoms with Gasteiger partial charge in [-0.15, -0.1) is 0 Å². The van der Waals surface area contributed by atoms with Crippen LogP contribution in [0.5, 0.6) is 0 Å². The predicted molar refractivity (Wildman–Crippen MR) is 110 cm³/mol. The lowest BCUT2D eigenvalue weighted by atomic mass is 9.76. The lowest BCUT2D eigenvalue weighted by Gasteiger charge is -2.35. The molecule has 5 nitrogen and oxygen atoms in total. The molecule has 1 aliphatic carbocycles. The van der Waals surface area contributed by atoms with E-state index in [9.17, 15) is 9.59 Å². The van der Waals surface area contributed by atoms with Crippen molar-refractivity contribution in [3.8, 4) is 0 Å². The van der Waals surface area contributed by atoms with E-state index in [0.29, 0.717) is 18.6 Å². The van der Waals surface area contributed by atoms with Crippen LogP contribution in [-0.2, 0) is 14.3 Å². The molecule has 6 heteroatoms. The first kappa shape index (κ1) is 19.0. The van der Waals surface area contributed by atoms with E-state index in [0.717, 1.165) is 37.2 Å². The number of thioether (sulfide) groups is 1. The molecule has 5 rings (SSSR count). The normalized spacial score (nSPS) is 38.7. The van der Waals surface area contributed by atoms with Crippen LogP contribution in [0.3, 0.4) is 0 Å². The zero-order valence-corrected chi connectivity index (χ0v) is 17.7. The molecule has 0 N–H and O–H groups in total. The average molecular weight is 405 g/mol. The Morgan fingerprint density at radius 1 is 1.18 bits per heavy atom. The van der Waals surface area contributed by atoms with Crippen LogP contribution < -0.4 is 0 Å². The number of likely N-dealkylation sites (tertiary alicyclic amines) is 1. The number of hydrogen-bond acceptors (Lipinski definition) is 4. The SMILES string of the molecule is CN(C(=O)[C@@H]1[C@@H]2C=C[C@@]3(CN(C4CCCCCC4)C(=O)[C@@H]13)O2)C1CCSCC1. The van der Waals surface area contributed by atoms with Crippen molar-refractivity contribution in [3.63, 3.8) is 0 Å². The molecule has 2 bridgehead atoms. The van der Waals surface area contributed by atoms with E-state index >= 15 is 0 Å². The highest BCUT2D eigenvalue weighted by Crippen LogP contribution is 2.53. The van der Waals surface area contributed by atoms with E-state index in [1.54, 1.807) is 0 Å². The van der Waals surface area contributed by atoms with E-state index in [-0.39, 0.29) is 29.8 Å². The molecule has 4 fully saturated rings. The fraction of sp³-hybridized carbons (Fsp3) is 0.818. The topological polar surface area (TPSA) is 49.9 Å². The number of amides is 2. The Morgan fingerprint density at radius 2 is 1.89 bits per heavy atom. The van der Waals surface area contributed by atoms with Gasteiger partial charge in [0.15, 0.2) is 0 Å². The minimum absolute atomic E-state index is 0.120. The van der Waals surface area contributed by atoms with Gasteiger partial charge in [0.2, 0.25) is 11.8 Å². The van der Waals surface area contributed by atoms with Crippen LogP contribution in [0.25, 0.3) is 0 Å². The van der Waals surface area contributed by atoms with Crippen LogP contribution in [0.2, 0.25) is 0 Å². The van der Waals surface area contributed by atoms with Crippen molar-refractivity contribution in [1.29, 1.82) is 0 Å². The Bertz CT molecular complexity index is 669. The summed E-state index contributed by atoms with van der Waals surface area (Å²) < 4.78 is 6.35. The smallest absolute Gasteiger partial charge is 0.230 e. The molecule has 154 valence electrons. The summed E-state index contributed by atoms with van der Waals surface area (Å²) >= 11 is 1.97. The number of ether oxygens (including phenoxy) is 1. The maximum absolute atomic E-state index is 13.5. The fourth-order valence-corrected chi connectivity index (χ4v) is 7.26. The summed E-state index contributed by atoms with van der Waals surface area (Å²) in [7, 11) is 1.94. The lowest BCUT2D eigenvalue weighted by molar-refractivity contribution is -0.144. The molecule has 0 aromatic rings. The van der Waals surface area contributed by atoms with Crippen molar-refractivity contribution < 1.29 is 14.3 Å². The molecule has 4 atom stereocenters. The molecule has 0 aromatic carbocycles. The molecule has 0 radical (unpaired) electrons. The summed E-state index contributed by atoms with van der Waals surface area (Å²) in [6.07, 6.45) is 13.2. The van der Waals surface area contributed by atoms with Crippen molar-refractivity contribution in [3.05, 3.63) is 12.2 Å². The van der Waals surface area contributed by atoms with Gasteiger partial charge in [0.1, 0.15) is 5.60 Å². The second kappa shape index (κ2) is 7.35. The third-order valence-corrected chi connectivity index (χ3v) is 8.82. The van der Waals surface area contributed by atoms with Crippen LogP contribution in [0.4, 0.5) is 0 Å². The van der Waals surface area contributed by atoms with Gasteiger partial charge in [-0.05, 0) is 37.2 Å². The second-order valence-electron chi connectivity index (χ2n) is 9.30. The molecule has 4 aliphatic heterocycles. The molecule has 5 aliphatic rings. The Labute approximate surface area is 172 Å². The number of nitrogens with zero attached hydrogens (tertiary/aromatic N) is 2. The highest BCUT2D eigenvalue weighted by atomic mass is 32.2. The first-order valence-electron chi connectivity index (χ1n) is 11.1. The summed E-state index contributed by atoms with van der Waals surface area (Å²) in [6, 6.07) is 0.636. The quantitative estimate of drug-likeness (QED) is 0.536. The van der Waals surface area contributed by atoms with Crippen molar-refractivity contribution in [2.75, 3.05) is 25.1 Å². The molecule has 28 heavy (non-hydrogen) atoms. The Hall–Kier alpha value is -1.01. The first-order valence-corrected chi connectivity index (χ1v) is 12.3. The van der Waals surface area contributed by atoms with Crippen LogP contribution in [0.15, 0.2) is 12.2 Å². The van der Waals surface area contributed by atoms with Crippen LogP contribution in [0, 0.1) is 11.8 Å². The molecule has 1 saturated carbocycles. The van der Waals surface area contributed by atoms with Crippen molar-refractivity contribution in [1.82, 2.24) is 9.80 Å². The van der Waals surface area contributed by atoms with Crippen LogP contribution >= 0.6 is 11.8 Å². The molecular formula is C22H32N2O3S. The largest absolute Gasteiger partial charge is 0.360 e. The highest BCUT2D eigenvalue weighted by Gasteiger charge is 2.67. The van der Waals surface area contributed by atoms with Gasteiger partial charge in [0.05, 0.1) is 24.5 Å². The standard InChI is InChI=1S/C22H32N2O3S/c1-23(15-9-12-28-13-10-15)20(25)18-17-8-11-22(27-17)14-24(21(26)19(18)22)16-6-4-2-3-5-7-16/h8,11,15-19H,2-7,9-10,12-14H2,1H3/t17-,18+,19+,22-/m0/s1. The van der Waals surface area contributed by atoms with Gasteiger partial charge in [-0.25, -0.2) is 0 Å². The number of hydrogen-bond donors (Lipinski definition) is 0. The third kappa shape index (κ3) is 2.94. The molecule has 3 saturated heterocycles. The fourth-order valence-electron chi connectivity index (χ4n) is 6.18. The molecule has 0 aromatic heterocycles. The molecular weight excluding hydrogens is 372 g/mol. The zero-order valence-electron chi connectivity index (χ0n) is 16.8. The second-order valence-corrected chi connectivity index (χ2v) is 10.5. The number of rotatable bonds is 3. The van der Waals surface area contributed by atoms with Gasteiger partial charge in [-0.2, -0.15) is 11.8 Å². The van der Waals surface area contributed by atoms with E-state index in [1.165, 1.54) is 25.7 Å². The minimum atomic E-state index is -0.558. The van der Waals surface area contributed by atoms with E-state index < -0.39 is 5.60 Å². The van der Waals surface area contributed by atoms with Crippen LogP contribution in [0.1, 0.15) is 51.4 Å². The number of carbonyl (C=O) groups excluding carboxylic acids is 2. The van der Waals surface area contributed by atoms with Crippen molar-refractivity contribution >= 4 is 23.6 Å². The third-order valence-electron chi connectivity index (χ3n) is 7.77. The Balaban J connectivity index is 1.37. The van der Waals surface area contributed by atoms with E-state index in [2.05, 4.69) is 11.0 Å². The summed E-state index contributed by atoms with van der Waals surface area (Å²) in [6.45, 7) is 0.641. The van der Waals surface area contributed by atoms with Crippen LogP contribution in [-0.4, -0.2) is 70.5 Å². The number of fused-ring (bicyclic) bond motifs is 1. The van der Waals surface area contributed by atoms with E-state index in [4.69, 9.17) is 4.74 Å². The summed E-state index contributed by atoms with van der Waals surface area (Å²) in [5.74, 6) is 1.87. The summed E-state index contributed by atoms with van der Waals surface area (Å²) in [5.41, 5.74) is -0.558. The minimum Gasteiger partial charge on any atom is -0.360 e. The van der Waals surface area contributed by atoms with Crippen molar-refractivity contribution in [2.45, 2.75) is 75.2 Å². The van der Waals surface area contributed by atoms with Gasteiger partial charge in [0, 0.05) is 19.1 Å². The highest BCUT2D eigenvalue weighted by molar-refractivity contribution is 7.99. The lowest BCUT2D eigenvalue weighted by Crippen LogP contribution is -2.49. The Morgan fingerprint density at radius 3 is 2.61 bits per heavy atom. The maximum atomic E-state index is 13.5. The van der Waals surface area contributed by atoms with Gasteiger partial charge < -0.3 is 14.5 Å². The average Bonchev–Trinajstić information content (AvgIpc) is 3.27. The summed E-state index contributed by atoms with van der Waals surface area (Å²) in [4.78, 5) is 31.1. The van der Waals surface area contributed by atoms with Gasteiger partial charge >= 0.3 is 0 Å². The maximum Gasteiger partial charge on any atom is 0.230 e. The zero-order chi connectivity index (χ0) is 19.3. The monoisotopic (exact) mass is 404 g/mol. The predicted octanol–water partition coefficient (Wildman–Crippen LogP) is 2.85. The number of carbonyl (C=O) groups is 2. The molecule has 0 unspecified atom stereocenters. The molecule has 2 amide bonds. The van der Waals surface area contributed by atoms with E-state index in [1.807, 2.05) is 29.8 Å². The summed E-state index contributed by atoms with van der Waals surface area (Å²) in [5, 5.41) is 0. The van der Waals surface area contributed by atoms with Crippen molar-refractivity contribution in [2.24, 2.45) is 11.8 Å². The van der Waals surface area contributed by atoms with Gasteiger partial charge in [0.25, 0.3) is 0 Å². The Kier molecular flexibility index (Phi) is 4.98.